The highest BCUT2D eigenvalue weighted by atomic mass is 19.4. The normalized spacial score (nSPS) is 12.0. The molecule has 0 amide bonds. The van der Waals surface area contributed by atoms with Gasteiger partial charge in [-0.2, -0.15) is 13.2 Å². The average molecular weight is 244 g/mol. The number of carbonyl (C=O) groups is 1. The lowest BCUT2D eigenvalue weighted by atomic mass is 10.0. The van der Waals surface area contributed by atoms with Crippen molar-refractivity contribution in [2.24, 2.45) is 0 Å². The van der Waals surface area contributed by atoms with Gasteiger partial charge in [0.05, 0.1) is 12.0 Å². The van der Waals surface area contributed by atoms with Crippen LogP contribution in [0, 0.1) is 6.92 Å². The van der Waals surface area contributed by atoms with Gasteiger partial charge >= 0.3 is 12.1 Å². The molecule has 0 bridgehead atoms. The largest absolute Gasteiger partial charge is 0.481 e. The molecular weight excluding hydrogens is 233 g/mol. The van der Waals surface area contributed by atoms with Gasteiger partial charge in [0.1, 0.15) is 0 Å². The Morgan fingerprint density at radius 1 is 1.41 bits per heavy atom. The second-order valence-corrected chi connectivity index (χ2v) is 3.57. The van der Waals surface area contributed by atoms with Gasteiger partial charge in [-0.05, 0) is 24.1 Å². The van der Waals surface area contributed by atoms with E-state index in [1.807, 2.05) is 0 Å². The van der Waals surface area contributed by atoms with Crippen molar-refractivity contribution < 1.29 is 23.1 Å². The number of aryl methyl sites for hydroxylation is 1. The van der Waals surface area contributed by atoms with Gasteiger partial charge in [-0.3, -0.25) is 4.79 Å². The van der Waals surface area contributed by atoms with Crippen molar-refractivity contribution in [1.82, 2.24) is 0 Å². The smallest absolute Gasteiger partial charge is 0.416 e. The summed E-state index contributed by atoms with van der Waals surface area (Å²) in [6.45, 7) is 1.38. The van der Waals surface area contributed by atoms with Crippen LogP contribution in [-0.2, 0) is 11.0 Å². The summed E-state index contributed by atoms with van der Waals surface area (Å²) in [5.74, 6) is -1.02. The Balaban J connectivity index is 2.97. The van der Waals surface area contributed by atoms with Gasteiger partial charge in [-0.1, -0.05) is 24.3 Å². The Labute approximate surface area is 96.4 Å². The predicted molar refractivity (Wildman–Crippen MR) is 57.5 cm³/mol. The Kier molecular flexibility index (Phi) is 3.93. The predicted octanol–water partition coefficient (Wildman–Crippen LogP) is 3.50. The molecule has 0 aliphatic heterocycles. The maximum atomic E-state index is 12.6. The van der Waals surface area contributed by atoms with Crippen LogP contribution in [0.2, 0.25) is 0 Å². The molecule has 0 unspecified atom stereocenters. The third kappa shape index (κ3) is 3.94. The fourth-order valence-corrected chi connectivity index (χ4v) is 1.34. The van der Waals surface area contributed by atoms with Crippen LogP contribution in [0.1, 0.15) is 23.1 Å². The molecule has 0 radical (unpaired) electrons. The first-order chi connectivity index (χ1) is 7.80. The molecule has 0 spiro atoms. The lowest BCUT2D eigenvalue weighted by molar-refractivity contribution is -0.138. The molecule has 5 heteroatoms. The minimum absolute atomic E-state index is 0.146. The molecule has 0 saturated heterocycles. The van der Waals surface area contributed by atoms with E-state index in [1.54, 1.807) is 0 Å². The summed E-state index contributed by atoms with van der Waals surface area (Å²) in [4.78, 5) is 10.2. The Morgan fingerprint density at radius 2 is 2.06 bits per heavy atom. The zero-order chi connectivity index (χ0) is 13.1. The van der Waals surface area contributed by atoms with E-state index in [1.165, 1.54) is 31.2 Å². The maximum Gasteiger partial charge on any atom is 0.416 e. The highest BCUT2D eigenvalue weighted by Gasteiger charge is 2.32. The summed E-state index contributed by atoms with van der Waals surface area (Å²) >= 11 is 0. The average Bonchev–Trinajstić information content (AvgIpc) is 2.18. The minimum Gasteiger partial charge on any atom is -0.481 e. The van der Waals surface area contributed by atoms with Crippen molar-refractivity contribution in [1.29, 1.82) is 0 Å². The monoisotopic (exact) mass is 244 g/mol. The van der Waals surface area contributed by atoms with Crippen LogP contribution < -0.4 is 0 Å². The zero-order valence-corrected chi connectivity index (χ0v) is 9.08. The topological polar surface area (TPSA) is 37.3 Å². The first-order valence-corrected chi connectivity index (χ1v) is 4.87. The molecule has 0 aliphatic carbocycles. The maximum absolute atomic E-state index is 12.6. The van der Waals surface area contributed by atoms with E-state index in [-0.39, 0.29) is 12.0 Å². The number of hydrogen-bond acceptors (Lipinski definition) is 1. The molecule has 17 heavy (non-hydrogen) atoms. The Hall–Kier alpha value is -1.78. The molecule has 0 aromatic heterocycles. The van der Waals surface area contributed by atoms with Crippen LogP contribution in [0.4, 0.5) is 13.2 Å². The quantitative estimate of drug-likeness (QED) is 0.883. The van der Waals surface area contributed by atoms with Gasteiger partial charge in [-0.15, -0.1) is 0 Å². The number of alkyl halides is 3. The third-order valence-corrected chi connectivity index (χ3v) is 2.17. The molecule has 0 aliphatic rings. The van der Waals surface area contributed by atoms with Crippen molar-refractivity contribution in [2.75, 3.05) is 0 Å². The Bertz CT molecular complexity index is 448. The molecule has 1 N–H and O–H groups in total. The standard InChI is InChI=1S/C12H11F3O2/c1-8-5-6-9(3-2-4-11(16)17)7-10(8)12(13,14)15/h2-3,5-7H,4H2,1H3,(H,16,17). The molecule has 0 saturated carbocycles. The van der Waals surface area contributed by atoms with Gasteiger partial charge in [0.2, 0.25) is 0 Å². The number of benzene rings is 1. The molecule has 0 heterocycles. The van der Waals surface area contributed by atoms with Gasteiger partial charge in [0, 0.05) is 0 Å². The van der Waals surface area contributed by atoms with E-state index in [9.17, 15) is 18.0 Å². The van der Waals surface area contributed by atoms with Crippen molar-refractivity contribution in [3.8, 4) is 0 Å². The molecule has 1 aromatic carbocycles. The summed E-state index contributed by atoms with van der Waals surface area (Å²) in [5, 5.41) is 8.39. The summed E-state index contributed by atoms with van der Waals surface area (Å²) in [5.41, 5.74) is -0.216. The number of halogens is 3. The van der Waals surface area contributed by atoms with E-state index < -0.39 is 17.7 Å². The fourth-order valence-electron chi connectivity index (χ4n) is 1.34. The second-order valence-electron chi connectivity index (χ2n) is 3.57. The van der Waals surface area contributed by atoms with E-state index >= 15 is 0 Å². The highest BCUT2D eigenvalue weighted by molar-refractivity contribution is 5.70. The summed E-state index contributed by atoms with van der Waals surface area (Å²) in [6, 6.07) is 3.89. The number of rotatable bonds is 3. The molecule has 0 fully saturated rings. The zero-order valence-electron chi connectivity index (χ0n) is 9.08. The van der Waals surface area contributed by atoms with E-state index in [0.717, 1.165) is 6.07 Å². The summed E-state index contributed by atoms with van der Waals surface area (Å²) in [7, 11) is 0. The van der Waals surface area contributed by atoms with E-state index in [2.05, 4.69) is 0 Å². The third-order valence-electron chi connectivity index (χ3n) is 2.17. The molecule has 1 aromatic rings. The summed E-state index contributed by atoms with van der Waals surface area (Å²) in [6.07, 6.45) is -1.92. The first-order valence-electron chi connectivity index (χ1n) is 4.87. The SMILES string of the molecule is Cc1ccc(C=CCC(=O)O)cc1C(F)(F)F. The van der Waals surface area contributed by atoms with Gasteiger partial charge in [-0.25, -0.2) is 0 Å². The van der Waals surface area contributed by atoms with Crippen LogP contribution >= 0.6 is 0 Å². The molecule has 1 rings (SSSR count). The first kappa shape index (κ1) is 13.3. The number of aliphatic carboxylic acids is 1. The Morgan fingerprint density at radius 3 is 2.59 bits per heavy atom. The lowest BCUT2D eigenvalue weighted by Crippen LogP contribution is -2.07. The van der Waals surface area contributed by atoms with Crippen LogP contribution in [-0.4, -0.2) is 11.1 Å². The van der Waals surface area contributed by atoms with E-state index in [0.29, 0.717) is 5.56 Å². The molecule has 0 atom stereocenters. The van der Waals surface area contributed by atoms with Crippen molar-refractivity contribution in [3.63, 3.8) is 0 Å². The van der Waals surface area contributed by atoms with Crippen LogP contribution in [0.25, 0.3) is 6.08 Å². The molecular formula is C12H11F3O2. The lowest BCUT2D eigenvalue weighted by Gasteiger charge is -2.10. The minimum atomic E-state index is -4.39. The molecule has 2 nitrogen and oxygen atoms in total. The van der Waals surface area contributed by atoms with E-state index in [4.69, 9.17) is 5.11 Å². The van der Waals surface area contributed by atoms with Crippen molar-refractivity contribution in [3.05, 3.63) is 41.0 Å². The highest BCUT2D eigenvalue weighted by Crippen LogP contribution is 2.32. The van der Waals surface area contributed by atoms with Crippen LogP contribution in [0.5, 0.6) is 0 Å². The van der Waals surface area contributed by atoms with Crippen molar-refractivity contribution in [2.45, 2.75) is 19.5 Å². The number of carboxylic acids is 1. The second kappa shape index (κ2) is 5.03. The fraction of sp³-hybridized carbons (Fsp3) is 0.250. The molecule has 92 valence electrons. The van der Waals surface area contributed by atoms with Gasteiger partial charge < -0.3 is 5.11 Å². The number of hydrogen-bond donors (Lipinski definition) is 1. The van der Waals surface area contributed by atoms with Crippen molar-refractivity contribution >= 4 is 12.0 Å². The van der Waals surface area contributed by atoms with Gasteiger partial charge in [0.15, 0.2) is 0 Å². The summed E-state index contributed by atoms with van der Waals surface area (Å²) < 4.78 is 37.7. The van der Waals surface area contributed by atoms with Gasteiger partial charge in [0.25, 0.3) is 0 Å². The van der Waals surface area contributed by atoms with Crippen LogP contribution in [0.3, 0.4) is 0 Å². The number of carboxylic acid groups (broad SMARTS) is 1. The van der Waals surface area contributed by atoms with Crippen LogP contribution in [0.15, 0.2) is 24.3 Å².